The first-order chi connectivity index (χ1) is 22.0. The number of likely N-dealkylation sites (tertiary alicyclic amines) is 2. The van der Waals surface area contributed by atoms with E-state index in [1.807, 2.05) is 41.5 Å². The van der Waals surface area contributed by atoms with Crippen LogP contribution in [-0.2, 0) is 24.6 Å². The van der Waals surface area contributed by atoms with Gasteiger partial charge in [-0.3, -0.25) is 29.0 Å². The molecule has 0 bridgehead atoms. The van der Waals surface area contributed by atoms with Crippen molar-refractivity contribution in [2.75, 3.05) is 0 Å². The average molecular weight is 741 g/mol. The minimum absolute atomic E-state index is 0. The molecule has 0 saturated carbocycles. The Kier molecular flexibility index (Phi) is 17.5. The predicted molar refractivity (Wildman–Crippen MR) is 180 cm³/mol. The summed E-state index contributed by atoms with van der Waals surface area (Å²) in [5.41, 5.74) is -2.90. The lowest BCUT2D eigenvalue weighted by atomic mass is 9.86. The highest BCUT2D eigenvalue weighted by Gasteiger charge is 2.41. The standard InChI is InChI=1S/C10H10F4.C9H15NO2.C8H6F4.C8H13NO2.2CH4/c1-10(2,3)5-4-6(11)8(13)9(14)7(5)12;1-6-5-7(11)10(8(6)12)9(2,3)4;1-3-5(9)7(11)4(2)8(12)6(3)10;1-8(2,3)9-6(10)4-5-7(9)11;;/h4H,1-3H3;6H,5H2,1-4H3;1-2H3;4-5H2,1-3H3;2*1H4. The highest BCUT2D eigenvalue weighted by molar-refractivity contribution is 6.04. The van der Waals surface area contributed by atoms with Crippen molar-refractivity contribution in [3.8, 4) is 0 Å². The molecule has 4 rings (SSSR count). The van der Waals surface area contributed by atoms with Crippen LogP contribution in [0.5, 0.6) is 0 Å². The molecule has 0 N–H and O–H groups in total. The van der Waals surface area contributed by atoms with Gasteiger partial charge in [0.15, 0.2) is 46.5 Å². The van der Waals surface area contributed by atoms with Gasteiger partial charge in [0.2, 0.25) is 23.6 Å². The van der Waals surface area contributed by atoms with E-state index in [-0.39, 0.29) is 61.0 Å². The number of hydrogen-bond acceptors (Lipinski definition) is 4. The van der Waals surface area contributed by atoms with Gasteiger partial charge < -0.3 is 0 Å². The van der Waals surface area contributed by atoms with Crippen molar-refractivity contribution in [2.24, 2.45) is 5.92 Å². The van der Waals surface area contributed by atoms with Gasteiger partial charge in [0.1, 0.15) is 0 Å². The van der Waals surface area contributed by atoms with Gasteiger partial charge in [0.05, 0.1) is 0 Å². The van der Waals surface area contributed by atoms with E-state index >= 15 is 0 Å². The molecule has 14 heteroatoms. The lowest BCUT2D eigenvalue weighted by Crippen LogP contribution is -2.45. The Bertz CT molecular complexity index is 1480. The quantitative estimate of drug-likeness (QED) is 0.117. The molecule has 0 radical (unpaired) electrons. The molecule has 2 heterocycles. The fourth-order valence-corrected chi connectivity index (χ4v) is 4.78. The monoisotopic (exact) mass is 740 g/mol. The molecule has 2 aliphatic heterocycles. The number of halogens is 8. The Hall–Kier alpha value is -3.84. The number of carbonyl (C=O) groups excluding carboxylic acids is 4. The Morgan fingerprint density at radius 3 is 1.14 bits per heavy atom. The molecule has 4 amide bonds. The molecule has 1 atom stereocenters. The van der Waals surface area contributed by atoms with E-state index in [2.05, 4.69) is 0 Å². The molecule has 2 aliphatic rings. The van der Waals surface area contributed by atoms with Crippen LogP contribution in [-0.4, -0.2) is 44.5 Å². The molecule has 290 valence electrons. The molecule has 2 aromatic carbocycles. The maximum Gasteiger partial charge on any atom is 0.233 e. The minimum atomic E-state index is -1.77. The summed E-state index contributed by atoms with van der Waals surface area (Å²) in [5.74, 6) is -11.8. The largest absolute Gasteiger partial charge is 0.277 e. The zero-order valence-electron chi connectivity index (χ0n) is 29.8. The third kappa shape index (κ3) is 11.8. The number of rotatable bonds is 0. The van der Waals surface area contributed by atoms with E-state index in [4.69, 9.17) is 0 Å². The van der Waals surface area contributed by atoms with Gasteiger partial charge in [-0.1, -0.05) is 42.5 Å². The zero-order valence-corrected chi connectivity index (χ0v) is 29.8. The van der Waals surface area contributed by atoms with Gasteiger partial charge in [-0.15, -0.1) is 0 Å². The lowest BCUT2D eigenvalue weighted by Gasteiger charge is -2.29. The topological polar surface area (TPSA) is 74.8 Å². The van der Waals surface area contributed by atoms with E-state index in [9.17, 15) is 54.3 Å². The normalized spacial score (nSPS) is 16.0. The summed E-state index contributed by atoms with van der Waals surface area (Å²) in [6, 6.07) is 0.688. The Balaban J connectivity index is 0. The maximum atomic E-state index is 13.2. The van der Waals surface area contributed by atoms with Gasteiger partial charge >= 0.3 is 0 Å². The maximum absolute atomic E-state index is 13.2. The van der Waals surface area contributed by atoms with Crippen LogP contribution >= 0.6 is 0 Å². The van der Waals surface area contributed by atoms with Crippen molar-refractivity contribution in [1.82, 2.24) is 9.80 Å². The summed E-state index contributed by atoms with van der Waals surface area (Å²) >= 11 is 0. The van der Waals surface area contributed by atoms with Crippen LogP contribution in [0.25, 0.3) is 0 Å². The van der Waals surface area contributed by atoms with Crippen LogP contribution in [0, 0.1) is 66.3 Å². The fourth-order valence-electron chi connectivity index (χ4n) is 4.78. The Labute approximate surface area is 296 Å². The number of carbonyl (C=O) groups is 4. The van der Waals surface area contributed by atoms with E-state index < -0.39 is 63.1 Å². The summed E-state index contributed by atoms with van der Waals surface area (Å²) in [4.78, 5) is 47.8. The van der Waals surface area contributed by atoms with Crippen LogP contribution in [0.4, 0.5) is 35.1 Å². The van der Waals surface area contributed by atoms with E-state index in [1.165, 1.54) is 9.80 Å². The molecule has 51 heavy (non-hydrogen) atoms. The minimum Gasteiger partial charge on any atom is -0.277 e. The van der Waals surface area contributed by atoms with Crippen molar-refractivity contribution in [3.05, 3.63) is 69.3 Å². The second-order valence-electron chi connectivity index (χ2n) is 14.7. The van der Waals surface area contributed by atoms with Crippen molar-refractivity contribution in [1.29, 1.82) is 0 Å². The number of benzene rings is 2. The second-order valence-corrected chi connectivity index (χ2v) is 14.7. The molecule has 2 aromatic rings. The third-order valence-electron chi connectivity index (χ3n) is 7.38. The summed E-state index contributed by atoms with van der Waals surface area (Å²) in [6.45, 7) is 19.8. The van der Waals surface area contributed by atoms with Crippen molar-refractivity contribution < 1.29 is 54.3 Å². The smallest absolute Gasteiger partial charge is 0.233 e. The molecule has 0 spiro atoms. The molecular formula is C37H52F8N2O4. The molecule has 2 saturated heterocycles. The SMILES string of the molecule is C.C.CC(C)(C)N1C(=O)CCC1=O.CC(C)(C)c1cc(F)c(F)c(F)c1F.CC1CC(=O)N(C(C)(C)C)C1=O.Cc1c(F)c(F)c(C)c(F)c1F. The molecule has 6 nitrogen and oxygen atoms in total. The first-order valence-corrected chi connectivity index (χ1v) is 15.3. The fraction of sp³-hybridized carbons (Fsp3) is 0.568. The summed E-state index contributed by atoms with van der Waals surface area (Å²) in [5, 5.41) is 0. The van der Waals surface area contributed by atoms with E-state index in [0.717, 1.165) is 13.8 Å². The highest BCUT2D eigenvalue weighted by Crippen LogP contribution is 2.29. The summed E-state index contributed by atoms with van der Waals surface area (Å²) < 4.78 is 102. The van der Waals surface area contributed by atoms with Gasteiger partial charge in [0, 0.05) is 47.4 Å². The summed E-state index contributed by atoms with van der Waals surface area (Å²) in [7, 11) is 0. The molecular weight excluding hydrogens is 688 g/mol. The third-order valence-corrected chi connectivity index (χ3v) is 7.38. The van der Waals surface area contributed by atoms with Crippen molar-refractivity contribution in [3.63, 3.8) is 0 Å². The number of amides is 4. The van der Waals surface area contributed by atoms with Crippen LogP contribution in [0.1, 0.15) is 120 Å². The van der Waals surface area contributed by atoms with E-state index in [0.29, 0.717) is 25.3 Å². The Morgan fingerprint density at radius 1 is 0.549 bits per heavy atom. The molecule has 0 aliphatic carbocycles. The zero-order chi connectivity index (χ0) is 38.7. The number of imide groups is 2. The average Bonchev–Trinajstić information content (AvgIpc) is 3.45. The number of nitrogens with zero attached hydrogens (tertiary/aromatic N) is 2. The van der Waals surface area contributed by atoms with Crippen molar-refractivity contribution in [2.45, 2.75) is 134 Å². The van der Waals surface area contributed by atoms with Crippen molar-refractivity contribution >= 4 is 23.6 Å². The molecule has 0 aromatic heterocycles. The molecule has 2 fully saturated rings. The second kappa shape index (κ2) is 18.1. The first-order valence-electron chi connectivity index (χ1n) is 15.3. The summed E-state index contributed by atoms with van der Waals surface area (Å²) in [6.07, 6.45) is 1.14. The highest BCUT2D eigenvalue weighted by atomic mass is 19.2. The molecule has 1 unspecified atom stereocenters. The van der Waals surface area contributed by atoms with Crippen LogP contribution in [0.2, 0.25) is 0 Å². The van der Waals surface area contributed by atoms with Crippen LogP contribution in [0.15, 0.2) is 6.07 Å². The first kappa shape index (κ1) is 49.3. The van der Waals surface area contributed by atoms with Gasteiger partial charge in [-0.05, 0) is 72.4 Å². The van der Waals surface area contributed by atoms with Gasteiger partial charge in [-0.2, -0.15) is 0 Å². The predicted octanol–water partition coefficient (Wildman–Crippen LogP) is 9.79. The van der Waals surface area contributed by atoms with Gasteiger partial charge in [0.25, 0.3) is 0 Å². The number of hydrogen-bond donors (Lipinski definition) is 0. The van der Waals surface area contributed by atoms with E-state index in [1.54, 1.807) is 27.7 Å². The lowest BCUT2D eigenvalue weighted by molar-refractivity contribution is -0.145. The van der Waals surface area contributed by atoms with Gasteiger partial charge in [-0.25, -0.2) is 35.1 Å². The Morgan fingerprint density at radius 2 is 0.902 bits per heavy atom. The van der Waals surface area contributed by atoms with Crippen LogP contribution in [0.3, 0.4) is 0 Å². The van der Waals surface area contributed by atoms with Crippen LogP contribution < -0.4 is 0 Å².